The van der Waals surface area contributed by atoms with Crippen molar-refractivity contribution in [1.82, 2.24) is 15.1 Å². The molecule has 1 aromatic rings. The first-order valence-electron chi connectivity index (χ1n) is 6.66. The standard InChI is InChI=1S/C13H23N3O3/c1-4-6-10(17)7-14-9-12-11(8-15-16(12)3)13(18)19-5-2/h8,10,14,17H,4-7,9H2,1-3H3. The minimum Gasteiger partial charge on any atom is -0.462 e. The molecule has 0 amide bonds. The minimum atomic E-state index is -0.360. The number of hydrogen-bond donors (Lipinski definition) is 2. The predicted molar refractivity (Wildman–Crippen MR) is 71.8 cm³/mol. The first kappa shape index (κ1) is 15.7. The molecule has 0 saturated heterocycles. The van der Waals surface area contributed by atoms with Crippen molar-refractivity contribution in [3.63, 3.8) is 0 Å². The Hall–Kier alpha value is -1.40. The Morgan fingerprint density at radius 2 is 2.32 bits per heavy atom. The van der Waals surface area contributed by atoms with Crippen LogP contribution in [0.1, 0.15) is 42.7 Å². The van der Waals surface area contributed by atoms with Gasteiger partial charge in [-0.25, -0.2) is 4.79 Å². The van der Waals surface area contributed by atoms with Crippen molar-refractivity contribution in [2.24, 2.45) is 7.05 Å². The Kier molecular flexibility index (Phi) is 6.52. The lowest BCUT2D eigenvalue weighted by atomic mass is 10.2. The Balaban J connectivity index is 2.57. The van der Waals surface area contributed by atoms with Crippen molar-refractivity contribution in [3.05, 3.63) is 17.5 Å². The van der Waals surface area contributed by atoms with E-state index in [-0.39, 0.29) is 12.1 Å². The van der Waals surface area contributed by atoms with E-state index in [4.69, 9.17) is 4.74 Å². The van der Waals surface area contributed by atoms with Gasteiger partial charge in [0.05, 0.1) is 24.6 Å². The van der Waals surface area contributed by atoms with Gasteiger partial charge in [-0.05, 0) is 13.3 Å². The van der Waals surface area contributed by atoms with Crippen LogP contribution in [0.5, 0.6) is 0 Å². The second-order valence-corrected chi connectivity index (χ2v) is 4.42. The number of nitrogens with one attached hydrogen (secondary N) is 1. The molecule has 19 heavy (non-hydrogen) atoms. The molecule has 0 aliphatic rings. The maximum absolute atomic E-state index is 11.7. The lowest BCUT2D eigenvalue weighted by Gasteiger charge is -2.11. The van der Waals surface area contributed by atoms with Crippen molar-refractivity contribution >= 4 is 5.97 Å². The summed E-state index contributed by atoms with van der Waals surface area (Å²) >= 11 is 0. The van der Waals surface area contributed by atoms with Crippen molar-refractivity contribution in [2.75, 3.05) is 13.2 Å². The summed E-state index contributed by atoms with van der Waals surface area (Å²) in [6, 6.07) is 0. The van der Waals surface area contributed by atoms with Crippen LogP contribution in [0.25, 0.3) is 0 Å². The van der Waals surface area contributed by atoms with Crippen LogP contribution >= 0.6 is 0 Å². The number of aliphatic hydroxyl groups is 1. The highest BCUT2D eigenvalue weighted by atomic mass is 16.5. The summed E-state index contributed by atoms with van der Waals surface area (Å²) in [5.41, 5.74) is 1.24. The molecule has 1 unspecified atom stereocenters. The normalized spacial score (nSPS) is 12.4. The Bertz CT molecular complexity index is 404. The van der Waals surface area contributed by atoms with Gasteiger partial charge in [0.1, 0.15) is 5.56 Å². The zero-order valence-corrected chi connectivity index (χ0v) is 11.8. The highest BCUT2D eigenvalue weighted by molar-refractivity contribution is 5.90. The molecule has 0 saturated carbocycles. The summed E-state index contributed by atoms with van der Waals surface area (Å²) in [4.78, 5) is 11.7. The Labute approximate surface area is 113 Å². The fourth-order valence-electron chi connectivity index (χ4n) is 1.84. The number of ether oxygens (including phenoxy) is 1. The molecule has 0 aliphatic heterocycles. The van der Waals surface area contributed by atoms with E-state index in [0.717, 1.165) is 18.5 Å². The van der Waals surface area contributed by atoms with E-state index in [1.54, 1.807) is 18.7 Å². The Morgan fingerprint density at radius 3 is 2.95 bits per heavy atom. The second-order valence-electron chi connectivity index (χ2n) is 4.42. The minimum absolute atomic E-state index is 0.343. The van der Waals surface area contributed by atoms with Gasteiger partial charge in [-0.2, -0.15) is 5.10 Å². The van der Waals surface area contributed by atoms with Gasteiger partial charge in [0.25, 0.3) is 0 Å². The van der Waals surface area contributed by atoms with Crippen LogP contribution in [-0.4, -0.2) is 40.1 Å². The van der Waals surface area contributed by atoms with Crippen LogP contribution in [0, 0.1) is 0 Å². The topological polar surface area (TPSA) is 76.4 Å². The molecule has 108 valence electrons. The van der Waals surface area contributed by atoms with Gasteiger partial charge in [0, 0.05) is 20.1 Å². The van der Waals surface area contributed by atoms with Crippen LogP contribution in [0.15, 0.2) is 6.20 Å². The number of aromatic nitrogens is 2. The van der Waals surface area contributed by atoms with E-state index in [1.807, 2.05) is 6.92 Å². The summed E-state index contributed by atoms with van der Waals surface area (Å²) in [5, 5.41) is 16.8. The quantitative estimate of drug-likeness (QED) is 0.684. The molecule has 6 nitrogen and oxygen atoms in total. The summed E-state index contributed by atoms with van der Waals surface area (Å²) in [6.45, 7) is 5.12. The highest BCUT2D eigenvalue weighted by Gasteiger charge is 2.16. The predicted octanol–water partition coefficient (Wildman–Crippen LogP) is 0.847. The van der Waals surface area contributed by atoms with Gasteiger partial charge in [-0.3, -0.25) is 4.68 Å². The maximum Gasteiger partial charge on any atom is 0.341 e. The fraction of sp³-hybridized carbons (Fsp3) is 0.692. The molecular weight excluding hydrogens is 246 g/mol. The zero-order chi connectivity index (χ0) is 14.3. The average Bonchev–Trinajstić information content (AvgIpc) is 2.72. The molecule has 0 aromatic carbocycles. The van der Waals surface area contributed by atoms with Crippen molar-refractivity contribution in [1.29, 1.82) is 0 Å². The molecule has 0 aliphatic carbocycles. The number of esters is 1. The molecule has 1 aromatic heterocycles. The van der Waals surface area contributed by atoms with Gasteiger partial charge in [0.2, 0.25) is 0 Å². The zero-order valence-electron chi connectivity index (χ0n) is 11.8. The smallest absolute Gasteiger partial charge is 0.341 e. The summed E-state index contributed by atoms with van der Waals surface area (Å²) in [5.74, 6) is -0.360. The monoisotopic (exact) mass is 269 g/mol. The van der Waals surface area contributed by atoms with Crippen LogP contribution < -0.4 is 5.32 Å². The molecule has 1 atom stereocenters. The van der Waals surface area contributed by atoms with E-state index in [2.05, 4.69) is 10.4 Å². The maximum atomic E-state index is 11.7. The summed E-state index contributed by atoms with van der Waals surface area (Å²) < 4.78 is 6.62. The highest BCUT2D eigenvalue weighted by Crippen LogP contribution is 2.09. The third-order valence-corrected chi connectivity index (χ3v) is 2.85. The van der Waals surface area contributed by atoms with Crippen LogP contribution in [0.3, 0.4) is 0 Å². The van der Waals surface area contributed by atoms with Crippen molar-refractivity contribution < 1.29 is 14.6 Å². The van der Waals surface area contributed by atoms with Crippen LogP contribution in [0.2, 0.25) is 0 Å². The van der Waals surface area contributed by atoms with Gasteiger partial charge in [-0.15, -0.1) is 0 Å². The van der Waals surface area contributed by atoms with Crippen molar-refractivity contribution in [2.45, 2.75) is 39.3 Å². The lowest BCUT2D eigenvalue weighted by Crippen LogP contribution is -2.27. The molecular formula is C13H23N3O3. The average molecular weight is 269 g/mol. The van der Waals surface area contributed by atoms with Gasteiger partial charge in [-0.1, -0.05) is 13.3 Å². The van der Waals surface area contributed by atoms with E-state index < -0.39 is 0 Å². The number of nitrogens with zero attached hydrogens (tertiary/aromatic N) is 2. The number of aliphatic hydroxyl groups excluding tert-OH is 1. The largest absolute Gasteiger partial charge is 0.462 e. The first-order valence-corrected chi connectivity index (χ1v) is 6.66. The van der Waals surface area contributed by atoms with E-state index in [1.165, 1.54) is 6.20 Å². The number of aryl methyl sites for hydroxylation is 1. The van der Waals surface area contributed by atoms with E-state index in [9.17, 15) is 9.90 Å². The summed E-state index contributed by atoms with van der Waals surface area (Å²) in [6.07, 6.45) is 2.87. The van der Waals surface area contributed by atoms with Gasteiger partial charge >= 0.3 is 5.97 Å². The molecule has 6 heteroatoms. The van der Waals surface area contributed by atoms with Crippen LogP contribution in [0.4, 0.5) is 0 Å². The molecule has 0 fully saturated rings. The molecule has 2 N–H and O–H groups in total. The summed E-state index contributed by atoms with van der Waals surface area (Å²) in [7, 11) is 1.78. The molecule has 0 radical (unpaired) electrons. The number of hydrogen-bond acceptors (Lipinski definition) is 5. The number of rotatable bonds is 8. The van der Waals surface area contributed by atoms with E-state index in [0.29, 0.717) is 25.3 Å². The van der Waals surface area contributed by atoms with Crippen LogP contribution in [-0.2, 0) is 18.3 Å². The third kappa shape index (κ3) is 4.65. The van der Waals surface area contributed by atoms with Crippen molar-refractivity contribution in [3.8, 4) is 0 Å². The fourth-order valence-corrected chi connectivity index (χ4v) is 1.84. The number of carbonyl (C=O) groups excluding carboxylic acids is 1. The SMILES string of the molecule is CCCC(O)CNCc1c(C(=O)OCC)cnn1C. The van der Waals surface area contributed by atoms with Gasteiger partial charge < -0.3 is 15.2 Å². The van der Waals surface area contributed by atoms with E-state index >= 15 is 0 Å². The first-order chi connectivity index (χ1) is 9.10. The molecule has 0 spiro atoms. The Morgan fingerprint density at radius 1 is 1.58 bits per heavy atom. The molecule has 0 bridgehead atoms. The van der Waals surface area contributed by atoms with Gasteiger partial charge in [0.15, 0.2) is 0 Å². The lowest BCUT2D eigenvalue weighted by molar-refractivity contribution is 0.0524. The molecule has 1 rings (SSSR count). The molecule has 1 heterocycles. The third-order valence-electron chi connectivity index (χ3n) is 2.85. The number of carbonyl (C=O) groups is 1. The second kappa shape index (κ2) is 7.91.